The molecule has 5 heteroatoms. The van der Waals surface area contributed by atoms with E-state index in [1.165, 1.54) is 16.2 Å². The summed E-state index contributed by atoms with van der Waals surface area (Å²) in [4.78, 5) is 16.8. The molecule has 0 radical (unpaired) electrons. The highest BCUT2D eigenvalue weighted by molar-refractivity contribution is 7.09. The fourth-order valence-corrected chi connectivity index (χ4v) is 1.62. The van der Waals surface area contributed by atoms with Gasteiger partial charge >= 0.3 is 6.09 Å². The Labute approximate surface area is 87.5 Å². The first kappa shape index (κ1) is 11.0. The summed E-state index contributed by atoms with van der Waals surface area (Å²) in [5.41, 5.74) is 1.05. The molecule has 0 fully saturated rings. The normalized spacial score (nSPS) is 9.93. The lowest BCUT2D eigenvalue weighted by molar-refractivity contribution is 0.112. The van der Waals surface area contributed by atoms with Gasteiger partial charge in [-0.15, -0.1) is 11.3 Å². The molecule has 1 rings (SSSR count). The molecule has 0 spiro atoms. The van der Waals surface area contributed by atoms with Gasteiger partial charge in [-0.1, -0.05) is 6.92 Å². The first-order valence-corrected chi connectivity index (χ1v) is 5.28. The van der Waals surface area contributed by atoms with Crippen molar-refractivity contribution in [2.75, 3.05) is 14.1 Å². The number of carbonyl (C=O) groups excluding carboxylic acids is 1. The summed E-state index contributed by atoms with van der Waals surface area (Å²) in [5, 5.41) is 2.83. The topological polar surface area (TPSA) is 42.4 Å². The van der Waals surface area contributed by atoms with Crippen molar-refractivity contribution >= 4 is 17.4 Å². The van der Waals surface area contributed by atoms with Crippen LogP contribution in [0.15, 0.2) is 5.38 Å². The van der Waals surface area contributed by atoms with Gasteiger partial charge in [-0.3, -0.25) is 0 Å². The van der Waals surface area contributed by atoms with Crippen LogP contribution in [0, 0.1) is 0 Å². The van der Waals surface area contributed by atoms with Crippen LogP contribution in [0.4, 0.5) is 4.79 Å². The predicted molar refractivity (Wildman–Crippen MR) is 55.4 cm³/mol. The molecule has 0 atom stereocenters. The Hall–Kier alpha value is -1.10. The average molecular weight is 214 g/mol. The second kappa shape index (κ2) is 4.95. The lowest BCUT2D eigenvalue weighted by Crippen LogP contribution is -2.22. The molecule has 1 aromatic rings. The summed E-state index contributed by atoms with van der Waals surface area (Å²) in [5.74, 6) is 0. The summed E-state index contributed by atoms with van der Waals surface area (Å²) in [6, 6.07) is 0. The SMILES string of the molecule is CCc1csc(COC(=O)N(C)C)n1. The standard InChI is InChI=1S/C9H14N2O2S/c1-4-7-6-14-8(10-7)5-13-9(12)11(2)3/h6H,4-5H2,1-3H3. The molecule has 0 unspecified atom stereocenters. The highest BCUT2D eigenvalue weighted by Gasteiger charge is 2.06. The molecule has 1 aromatic heterocycles. The molecular weight excluding hydrogens is 200 g/mol. The number of rotatable bonds is 3. The Morgan fingerprint density at radius 1 is 1.64 bits per heavy atom. The first-order valence-electron chi connectivity index (χ1n) is 4.40. The van der Waals surface area contributed by atoms with Crippen LogP contribution in [0.5, 0.6) is 0 Å². The Balaban J connectivity index is 2.41. The highest BCUT2D eigenvalue weighted by Crippen LogP contribution is 2.11. The van der Waals surface area contributed by atoms with Gasteiger partial charge in [-0.25, -0.2) is 9.78 Å². The maximum atomic E-state index is 11.1. The number of aromatic nitrogens is 1. The fourth-order valence-electron chi connectivity index (χ4n) is 0.830. The van der Waals surface area contributed by atoms with Gasteiger partial charge in [0.15, 0.2) is 0 Å². The monoisotopic (exact) mass is 214 g/mol. The van der Waals surface area contributed by atoms with Crippen LogP contribution in [0.25, 0.3) is 0 Å². The summed E-state index contributed by atoms with van der Waals surface area (Å²) in [7, 11) is 3.31. The van der Waals surface area contributed by atoms with Gasteiger partial charge in [-0.2, -0.15) is 0 Å². The Morgan fingerprint density at radius 3 is 2.86 bits per heavy atom. The molecule has 0 N–H and O–H groups in total. The first-order chi connectivity index (χ1) is 6.63. The van der Waals surface area contributed by atoms with E-state index in [1.54, 1.807) is 14.1 Å². The smallest absolute Gasteiger partial charge is 0.409 e. The van der Waals surface area contributed by atoms with Crippen molar-refractivity contribution in [3.05, 3.63) is 16.1 Å². The molecule has 0 aromatic carbocycles. The van der Waals surface area contributed by atoms with E-state index < -0.39 is 0 Å². The third-order valence-corrected chi connectivity index (χ3v) is 2.52. The van der Waals surface area contributed by atoms with Crippen molar-refractivity contribution in [1.29, 1.82) is 0 Å². The quantitative estimate of drug-likeness (QED) is 0.771. The van der Waals surface area contributed by atoms with Gasteiger partial charge in [0.05, 0.1) is 5.69 Å². The van der Waals surface area contributed by atoms with Crippen molar-refractivity contribution in [3.63, 3.8) is 0 Å². The van der Waals surface area contributed by atoms with E-state index >= 15 is 0 Å². The lowest BCUT2D eigenvalue weighted by Gasteiger charge is -2.09. The molecule has 0 bridgehead atoms. The zero-order chi connectivity index (χ0) is 10.6. The van der Waals surface area contributed by atoms with Crippen LogP contribution in [-0.4, -0.2) is 30.1 Å². The van der Waals surface area contributed by atoms with Crippen LogP contribution in [-0.2, 0) is 17.8 Å². The molecule has 0 saturated carbocycles. The number of hydrogen-bond acceptors (Lipinski definition) is 4. The molecule has 0 aliphatic rings. The van der Waals surface area contributed by atoms with Crippen molar-refractivity contribution in [2.24, 2.45) is 0 Å². The third-order valence-electron chi connectivity index (χ3n) is 1.65. The van der Waals surface area contributed by atoms with Crippen LogP contribution >= 0.6 is 11.3 Å². The zero-order valence-electron chi connectivity index (χ0n) is 8.61. The van der Waals surface area contributed by atoms with Gasteiger partial charge in [0.25, 0.3) is 0 Å². The summed E-state index contributed by atoms with van der Waals surface area (Å²) in [6.45, 7) is 2.31. The van der Waals surface area contributed by atoms with E-state index in [9.17, 15) is 4.79 Å². The van der Waals surface area contributed by atoms with Crippen LogP contribution < -0.4 is 0 Å². The van der Waals surface area contributed by atoms with E-state index in [0.717, 1.165) is 17.1 Å². The maximum Gasteiger partial charge on any atom is 0.409 e. The summed E-state index contributed by atoms with van der Waals surface area (Å²) < 4.78 is 4.98. The summed E-state index contributed by atoms with van der Waals surface area (Å²) >= 11 is 1.52. The minimum atomic E-state index is -0.335. The second-order valence-electron chi connectivity index (χ2n) is 3.04. The highest BCUT2D eigenvalue weighted by atomic mass is 32.1. The van der Waals surface area contributed by atoms with Crippen LogP contribution in [0.3, 0.4) is 0 Å². The van der Waals surface area contributed by atoms with Crippen molar-refractivity contribution in [3.8, 4) is 0 Å². The molecule has 1 amide bonds. The minimum absolute atomic E-state index is 0.266. The lowest BCUT2D eigenvalue weighted by atomic mass is 10.4. The van der Waals surface area contributed by atoms with E-state index in [1.807, 2.05) is 12.3 Å². The summed E-state index contributed by atoms with van der Waals surface area (Å²) in [6.07, 6.45) is 0.580. The number of ether oxygens (including phenoxy) is 1. The fraction of sp³-hybridized carbons (Fsp3) is 0.556. The Kier molecular flexibility index (Phi) is 3.88. The number of amides is 1. The van der Waals surface area contributed by atoms with E-state index in [0.29, 0.717) is 0 Å². The Morgan fingerprint density at radius 2 is 2.36 bits per heavy atom. The van der Waals surface area contributed by atoms with Gasteiger partial charge in [-0.05, 0) is 6.42 Å². The number of hydrogen-bond donors (Lipinski definition) is 0. The van der Waals surface area contributed by atoms with Crippen molar-refractivity contribution in [2.45, 2.75) is 20.0 Å². The number of aryl methyl sites for hydroxylation is 1. The van der Waals surface area contributed by atoms with Gasteiger partial charge in [0.2, 0.25) is 0 Å². The largest absolute Gasteiger partial charge is 0.442 e. The Bertz CT molecular complexity index is 310. The van der Waals surface area contributed by atoms with Crippen molar-refractivity contribution in [1.82, 2.24) is 9.88 Å². The molecule has 0 saturated heterocycles. The molecule has 4 nitrogen and oxygen atoms in total. The molecule has 0 aliphatic heterocycles. The zero-order valence-corrected chi connectivity index (χ0v) is 9.43. The van der Waals surface area contributed by atoms with E-state index in [-0.39, 0.29) is 12.7 Å². The molecule has 78 valence electrons. The third kappa shape index (κ3) is 2.99. The van der Waals surface area contributed by atoms with Gasteiger partial charge < -0.3 is 9.64 Å². The van der Waals surface area contributed by atoms with E-state index in [4.69, 9.17) is 4.74 Å². The van der Waals surface area contributed by atoms with Crippen LogP contribution in [0.2, 0.25) is 0 Å². The maximum absolute atomic E-state index is 11.1. The molecule has 14 heavy (non-hydrogen) atoms. The number of thiazole rings is 1. The molecular formula is C9H14N2O2S. The number of nitrogens with zero attached hydrogens (tertiary/aromatic N) is 2. The van der Waals surface area contributed by atoms with Crippen molar-refractivity contribution < 1.29 is 9.53 Å². The average Bonchev–Trinajstić information content (AvgIpc) is 2.61. The minimum Gasteiger partial charge on any atom is -0.442 e. The second-order valence-corrected chi connectivity index (χ2v) is 3.98. The number of carbonyl (C=O) groups is 1. The van der Waals surface area contributed by atoms with Gasteiger partial charge in [0.1, 0.15) is 11.6 Å². The predicted octanol–water partition coefficient (Wildman–Crippen LogP) is 1.90. The molecule has 0 aliphatic carbocycles. The molecule has 1 heterocycles. The van der Waals surface area contributed by atoms with Crippen LogP contribution in [0.1, 0.15) is 17.6 Å². The van der Waals surface area contributed by atoms with Gasteiger partial charge in [0, 0.05) is 19.5 Å². The van der Waals surface area contributed by atoms with E-state index in [2.05, 4.69) is 4.98 Å².